The maximum atomic E-state index is 11.7. The van der Waals surface area contributed by atoms with Gasteiger partial charge in [-0.25, -0.2) is 0 Å². The van der Waals surface area contributed by atoms with Crippen LogP contribution in [0.3, 0.4) is 0 Å². The minimum absolute atomic E-state index is 0.0198. The van der Waals surface area contributed by atoms with Gasteiger partial charge in [0.2, 0.25) is 5.88 Å². The Kier molecular flexibility index (Phi) is 6.11. The van der Waals surface area contributed by atoms with Crippen LogP contribution in [0, 0.1) is 21.4 Å². The lowest BCUT2D eigenvalue weighted by Crippen LogP contribution is -2.24. The number of carbonyl (C=O) groups is 2. The summed E-state index contributed by atoms with van der Waals surface area (Å²) in [4.78, 5) is 32.9. The number of nitro benzene ring substituents is 1. The third-order valence-corrected chi connectivity index (χ3v) is 3.87. The van der Waals surface area contributed by atoms with Crippen molar-refractivity contribution in [1.82, 2.24) is 0 Å². The van der Waals surface area contributed by atoms with E-state index in [1.54, 1.807) is 6.07 Å². The monoisotopic (exact) mass is 373 g/mol. The molecule has 0 saturated heterocycles. The molecule has 10 heteroatoms. The molecule has 0 amide bonds. The summed E-state index contributed by atoms with van der Waals surface area (Å²) in [5, 5.41) is 20.6. The van der Waals surface area contributed by atoms with Gasteiger partial charge in [0.1, 0.15) is 30.4 Å². The molecule has 10 nitrogen and oxygen atoms in total. The number of rotatable bonds is 7. The Morgan fingerprint density at radius 1 is 1.52 bits per heavy atom. The maximum absolute atomic E-state index is 11.7. The van der Waals surface area contributed by atoms with E-state index in [0.717, 1.165) is 0 Å². The topological polar surface area (TPSA) is 155 Å². The smallest absolute Gasteiger partial charge is 0.313 e. The highest BCUT2D eigenvalue weighted by Gasteiger charge is 2.34. The maximum Gasteiger partial charge on any atom is 0.313 e. The van der Waals surface area contributed by atoms with Crippen LogP contribution in [0.25, 0.3) is 0 Å². The Hall–Kier alpha value is -3.87. The van der Waals surface area contributed by atoms with Crippen molar-refractivity contribution in [2.75, 3.05) is 13.7 Å². The first-order chi connectivity index (χ1) is 12.9. The highest BCUT2D eigenvalue weighted by molar-refractivity contribution is 5.72. The molecule has 0 radical (unpaired) electrons. The molecule has 1 atom stereocenters. The van der Waals surface area contributed by atoms with Gasteiger partial charge in [0.05, 0.1) is 18.0 Å². The molecule has 2 N–H and O–H groups in total. The van der Waals surface area contributed by atoms with Crippen LogP contribution >= 0.6 is 0 Å². The minimum atomic E-state index is -0.886. The number of benzene rings is 1. The van der Waals surface area contributed by atoms with Crippen molar-refractivity contribution in [1.29, 1.82) is 5.26 Å². The number of ether oxygens (including phenoxy) is 3. The lowest BCUT2D eigenvalue weighted by molar-refractivity contribution is -0.384. The first kappa shape index (κ1) is 19.5. The zero-order chi connectivity index (χ0) is 20.0. The molecule has 0 aromatic heterocycles. The van der Waals surface area contributed by atoms with Crippen molar-refractivity contribution in [3.8, 4) is 6.07 Å². The summed E-state index contributed by atoms with van der Waals surface area (Å²) in [5.41, 5.74) is 6.23. The standard InChI is InChI=1S/C17H15N3O7/c1-25-15(22)6-14-13(8-26-9-21)16(12(7-18)17(19)27-14)10-3-2-4-11(5-10)20(23)24/h2-5,9,16H,6,8,19H2,1H3. The van der Waals surface area contributed by atoms with Crippen molar-refractivity contribution in [3.05, 3.63) is 62.7 Å². The van der Waals surface area contributed by atoms with Crippen LogP contribution in [-0.2, 0) is 23.8 Å². The summed E-state index contributed by atoms with van der Waals surface area (Å²) in [5.74, 6) is -1.72. The van der Waals surface area contributed by atoms with E-state index in [2.05, 4.69) is 4.74 Å². The first-order valence-electron chi connectivity index (χ1n) is 7.58. The van der Waals surface area contributed by atoms with E-state index in [9.17, 15) is 25.0 Å². The number of hydrogen-bond donors (Lipinski definition) is 1. The van der Waals surface area contributed by atoms with Crippen molar-refractivity contribution < 1.29 is 28.7 Å². The number of allylic oxidation sites excluding steroid dienone is 1. The summed E-state index contributed by atoms with van der Waals surface area (Å²) in [7, 11) is 1.19. The number of nitro groups is 1. The molecule has 1 aromatic rings. The number of methoxy groups -OCH3 is 1. The second kappa shape index (κ2) is 8.48. The van der Waals surface area contributed by atoms with Crippen molar-refractivity contribution in [2.24, 2.45) is 5.73 Å². The third kappa shape index (κ3) is 4.21. The molecule has 1 heterocycles. The van der Waals surface area contributed by atoms with E-state index >= 15 is 0 Å². The summed E-state index contributed by atoms with van der Waals surface area (Å²) in [6, 6.07) is 7.49. The zero-order valence-electron chi connectivity index (χ0n) is 14.2. The van der Waals surface area contributed by atoms with Gasteiger partial charge in [0.15, 0.2) is 0 Å². The van der Waals surface area contributed by atoms with Crippen LogP contribution in [-0.4, -0.2) is 31.1 Å². The van der Waals surface area contributed by atoms with E-state index in [-0.39, 0.29) is 48.0 Å². The Morgan fingerprint density at radius 3 is 2.85 bits per heavy atom. The quantitative estimate of drug-likeness (QED) is 0.323. The zero-order valence-corrected chi connectivity index (χ0v) is 14.2. The number of carbonyl (C=O) groups excluding carboxylic acids is 2. The first-order valence-corrected chi connectivity index (χ1v) is 7.58. The van der Waals surface area contributed by atoms with Crippen LogP contribution in [0.5, 0.6) is 0 Å². The molecular weight excluding hydrogens is 358 g/mol. The second-order valence-electron chi connectivity index (χ2n) is 5.39. The van der Waals surface area contributed by atoms with Gasteiger partial charge in [0, 0.05) is 17.7 Å². The number of non-ortho nitro benzene ring substituents is 1. The van der Waals surface area contributed by atoms with E-state index in [1.807, 2.05) is 6.07 Å². The largest absolute Gasteiger partial charge is 0.469 e. The molecule has 0 saturated carbocycles. The molecule has 0 bridgehead atoms. The summed E-state index contributed by atoms with van der Waals surface area (Å²) in [6.45, 7) is -0.108. The Bertz CT molecular complexity index is 883. The Balaban J connectivity index is 2.64. The van der Waals surface area contributed by atoms with Gasteiger partial charge < -0.3 is 19.9 Å². The minimum Gasteiger partial charge on any atom is -0.469 e. The summed E-state index contributed by atoms with van der Waals surface area (Å²) >= 11 is 0. The van der Waals surface area contributed by atoms with Crippen LogP contribution in [0.1, 0.15) is 17.9 Å². The number of nitrogens with zero attached hydrogens (tertiary/aromatic N) is 2. The normalized spacial score (nSPS) is 16.2. The average molecular weight is 373 g/mol. The highest BCUT2D eigenvalue weighted by Crippen LogP contribution is 2.40. The van der Waals surface area contributed by atoms with E-state index in [0.29, 0.717) is 5.56 Å². The molecule has 27 heavy (non-hydrogen) atoms. The fraction of sp³-hybridized carbons (Fsp3) is 0.235. The second-order valence-corrected chi connectivity index (χ2v) is 5.39. The molecule has 1 aliphatic heterocycles. The number of nitrogens with two attached hydrogens (primary N) is 1. The molecule has 1 aromatic carbocycles. The molecule has 0 spiro atoms. The lowest BCUT2D eigenvalue weighted by Gasteiger charge is -2.28. The van der Waals surface area contributed by atoms with Gasteiger partial charge in [-0.1, -0.05) is 12.1 Å². The number of hydrogen-bond acceptors (Lipinski definition) is 9. The van der Waals surface area contributed by atoms with E-state index in [1.165, 1.54) is 25.3 Å². The molecule has 140 valence electrons. The Labute approximate surface area is 153 Å². The molecular formula is C17H15N3O7. The van der Waals surface area contributed by atoms with E-state index < -0.39 is 16.8 Å². The number of esters is 1. The van der Waals surface area contributed by atoms with Gasteiger partial charge in [-0.05, 0) is 5.56 Å². The van der Waals surface area contributed by atoms with Crippen molar-refractivity contribution in [2.45, 2.75) is 12.3 Å². The van der Waals surface area contributed by atoms with Gasteiger partial charge in [-0.2, -0.15) is 5.26 Å². The molecule has 2 rings (SSSR count). The van der Waals surface area contributed by atoms with Gasteiger partial charge in [0.25, 0.3) is 12.2 Å². The molecule has 0 aliphatic carbocycles. The SMILES string of the molecule is COC(=O)CC1=C(COC=O)C(c2cccc([N+](=O)[O-])c2)C(C#N)=C(N)O1. The summed E-state index contributed by atoms with van der Waals surface area (Å²) < 4.78 is 14.8. The van der Waals surface area contributed by atoms with Crippen LogP contribution < -0.4 is 5.73 Å². The van der Waals surface area contributed by atoms with Crippen LogP contribution in [0.15, 0.2) is 47.1 Å². The average Bonchev–Trinajstić information content (AvgIpc) is 2.66. The lowest BCUT2D eigenvalue weighted by atomic mass is 9.82. The third-order valence-electron chi connectivity index (χ3n) is 3.87. The van der Waals surface area contributed by atoms with Gasteiger partial charge in [-0.15, -0.1) is 0 Å². The molecule has 0 fully saturated rings. The molecule has 1 unspecified atom stereocenters. The summed E-state index contributed by atoms with van der Waals surface area (Å²) in [6.07, 6.45) is -0.321. The predicted molar refractivity (Wildman–Crippen MR) is 89.4 cm³/mol. The van der Waals surface area contributed by atoms with Crippen molar-refractivity contribution in [3.63, 3.8) is 0 Å². The molecule has 1 aliphatic rings. The highest BCUT2D eigenvalue weighted by atomic mass is 16.6. The van der Waals surface area contributed by atoms with Gasteiger partial charge in [-0.3, -0.25) is 19.7 Å². The van der Waals surface area contributed by atoms with Gasteiger partial charge >= 0.3 is 5.97 Å². The predicted octanol–water partition coefficient (Wildman–Crippen LogP) is 1.39. The van der Waals surface area contributed by atoms with Crippen molar-refractivity contribution >= 4 is 18.1 Å². The Morgan fingerprint density at radius 2 is 2.26 bits per heavy atom. The van der Waals surface area contributed by atoms with Crippen LogP contribution in [0.2, 0.25) is 0 Å². The van der Waals surface area contributed by atoms with E-state index in [4.69, 9.17) is 15.2 Å². The number of nitriles is 1. The fourth-order valence-corrected chi connectivity index (χ4v) is 2.68. The van der Waals surface area contributed by atoms with Crippen LogP contribution in [0.4, 0.5) is 5.69 Å². The fourth-order valence-electron chi connectivity index (χ4n) is 2.68.